The van der Waals surface area contributed by atoms with Crippen LogP contribution in [0.5, 0.6) is 0 Å². The third-order valence-electron chi connectivity index (χ3n) is 4.94. The Morgan fingerprint density at radius 2 is 1.48 bits per heavy atom. The Kier molecular flexibility index (Phi) is 5.77. The number of carboxylic acids is 1. The second-order valence-corrected chi connectivity index (χ2v) is 9.07. The molecule has 33 heavy (non-hydrogen) atoms. The van der Waals surface area contributed by atoms with Crippen LogP contribution in [0.1, 0.15) is 10.4 Å². The molecule has 0 aliphatic carbocycles. The molecule has 0 spiro atoms. The summed E-state index contributed by atoms with van der Waals surface area (Å²) in [7, 11) is -4.42. The van der Waals surface area contributed by atoms with Crippen molar-refractivity contribution in [3.63, 3.8) is 0 Å². The number of sulfonamides is 1. The van der Waals surface area contributed by atoms with Gasteiger partial charge in [0.1, 0.15) is 10.7 Å². The second-order valence-electron chi connectivity index (χ2n) is 7.01. The van der Waals surface area contributed by atoms with Gasteiger partial charge in [0.05, 0.1) is 16.3 Å². The highest BCUT2D eigenvalue weighted by atomic mass is 35.5. The van der Waals surface area contributed by atoms with Crippen molar-refractivity contribution in [3.05, 3.63) is 94.8 Å². The molecule has 0 radical (unpaired) electrons. The van der Waals surface area contributed by atoms with Crippen LogP contribution in [0.4, 0.5) is 18.9 Å². The third-order valence-corrected chi connectivity index (χ3v) is 6.77. The van der Waals surface area contributed by atoms with E-state index in [4.69, 9.17) is 11.6 Å². The smallest absolute Gasteiger partial charge is 0.335 e. The number of halogens is 4. The quantitative estimate of drug-likeness (QED) is 0.332. The first-order valence-electron chi connectivity index (χ1n) is 9.31. The zero-order valence-electron chi connectivity index (χ0n) is 16.4. The number of nitrogens with one attached hydrogen (secondary N) is 1. The average molecular weight is 492 g/mol. The summed E-state index contributed by atoms with van der Waals surface area (Å²) < 4.78 is 69.6. The maximum absolute atomic E-state index is 14.6. The molecule has 0 amide bonds. The molecule has 4 aromatic rings. The van der Waals surface area contributed by atoms with E-state index in [0.717, 1.165) is 12.1 Å². The number of hydrogen-bond donors (Lipinski definition) is 2. The highest BCUT2D eigenvalue weighted by Gasteiger charge is 2.23. The van der Waals surface area contributed by atoms with Crippen molar-refractivity contribution in [1.82, 2.24) is 0 Å². The van der Waals surface area contributed by atoms with E-state index in [1.807, 2.05) is 0 Å². The van der Waals surface area contributed by atoms with Crippen molar-refractivity contribution >= 4 is 44.1 Å². The Balaban J connectivity index is 1.86. The van der Waals surface area contributed by atoms with Gasteiger partial charge in [0.2, 0.25) is 0 Å². The molecule has 5 nitrogen and oxygen atoms in total. The number of anilines is 1. The van der Waals surface area contributed by atoms with E-state index in [2.05, 4.69) is 4.72 Å². The molecule has 0 aromatic heterocycles. The van der Waals surface area contributed by atoms with Crippen LogP contribution in [0.2, 0.25) is 5.02 Å². The summed E-state index contributed by atoms with van der Waals surface area (Å²) in [5.41, 5.74) is 0.308. The van der Waals surface area contributed by atoms with E-state index in [-0.39, 0.29) is 16.8 Å². The third kappa shape index (κ3) is 4.24. The fourth-order valence-electron chi connectivity index (χ4n) is 3.40. The minimum absolute atomic E-state index is 0.0177. The lowest BCUT2D eigenvalue weighted by Crippen LogP contribution is -2.14. The number of benzene rings is 4. The highest BCUT2D eigenvalue weighted by Crippen LogP contribution is 2.36. The van der Waals surface area contributed by atoms with Crippen molar-refractivity contribution in [2.24, 2.45) is 0 Å². The molecule has 0 aliphatic heterocycles. The van der Waals surface area contributed by atoms with Crippen LogP contribution in [0.3, 0.4) is 0 Å². The van der Waals surface area contributed by atoms with Crippen LogP contribution in [-0.2, 0) is 10.0 Å². The summed E-state index contributed by atoms with van der Waals surface area (Å²) >= 11 is 5.82. The van der Waals surface area contributed by atoms with E-state index < -0.39 is 43.4 Å². The molecule has 2 N–H and O–H groups in total. The number of rotatable bonds is 5. The van der Waals surface area contributed by atoms with Crippen molar-refractivity contribution in [3.8, 4) is 11.1 Å². The molecule has 0 saturated heterocycles. The van der Waals surface area contributed by atoms with E-state index in [1.54, 1.807) is 24.3 Å². The second kappa shape index (κ2) is 8.42. The largest absolute Gasteiger partial charge is 0.478 e. The Morgan fingerprint density at radius 3 is 2.18 bits per heavy atom. The van der Waals surface area contributed by atoms with E-state index in [0.29, 0.717) is 28.5 Å². The number of aromatic carboxylic acids is 1. The van der Waals surface area contributed by atoms with Gasteiger partial charge in [-0.15, -0.1) is 0 Å². The van der Waals surface area contributed by atoms with E-state index >= 15 is 0 Å². The molecule has 0 bridgehead atoms. The minimum atomic E-state index is -4.42. The summed E-state index contributed by atoms with van der Waals surface area (Å²) in [5.74, 6) is -4.56. The monoisotopic (exact) mass is 491 g/mol. The predicted molar refractivity (Wildman–Crippen MR) is 118 cm³/mol. The molecule has 0 unspecified atom stereocenters. The molecule has 0 aliphatic rings. The molecular formula is C23H13ClF3NO4S. The molecule has 10 heteroatoms. The molecule has 0 atom stereocenters. The average Bonchev–Trinajstić information content (AvgIpc) is 2.76. The van der Waals surface area contributed by atoms with Gasteiger partial charge in [-0.1, -0.05) is 41.9 Å². The zero-order valence-corrected chi connectivity index (χ0v) is 18.0. The standard InChI is InChI=1S/C23H13ClF3NO4S/c24-17-10-19(26)20(27)11-22(17)33(31,32)28-21-8-6-14(13-3-1-2-4-15(13)21)16-9-12(23(29)30)5-7-18(16)25/h1-11,28H,(H,29,30). The Morgan fingerprint density at radius 1 is 0.818 bits per heavy atom. The van der Waals surface area contributed by atoms with E-state index in [9.17, 15) is 31.5 Å². The first-order valence-corrected chi connectivity index (χ1v) is 11.2. The summed E-state index contributed by atoms with van der Waals surface area (Å²) in [6.07, 6.45) is 0. The van der Waals surface area contributed by atoms with Gasteiger partial charge in [0.15, 0.2) is 11.6 Å². The van der Waals surface area contributed by atoms with Crippen LogP contribution in [0, 0.1) is 17.5 Å². The fraction of sp³-hybridized carbons (Fsp3) is 0. The zero-order chi connectivity index (χ0) is 23.9. The maximum Gasteiger partial charge on any atom is 0.335 e. The van der Waals surface area contributed by atoms with Gasteiger partial charge in [-0.3, -0.25) is 4.72 Å². The van der Waals surface area contributed by atoms with Gasteiger partial charge in [-0.05, 0) is 47.3 Å². The van der Waals surface area contributed by atoms with Crippen LogP contribution in [-0.4, -0.2) is 19.5 Å². The topological polar surface area (TPSA) is 83.5 Å². The lowest BCUT2D eigenvalue weighted by molar-refractivity contribution is 0.0697. The SMILES string of the molecule is O=C(O)c1ccc(F)c(-c2ccc(NS(=O)(=O)c3cc(F)c(F)cc3Cl)c3ccccc23)c1. The molecule has 168 valence electrons. The lowest BCUT2D eigenvalue weighted by Gasteiger charge is -2.15. The normalized spacial score (nSPS) is 11.5. The van der Waals surface area contributed by atoms with Crippen LogP contribution in [0.15, 0.2) is 71.6 Å². The molecule has 0 saturated carbocycles. The fourth-order valence-corrected chi connectivity index (χ4v) is 5.00. The van der Waals surface area contributed by atoms with E-state index in [1.165, 1.54) is 18.2 Å². The van der Waals surface area contributed by atoms with Gasteiger partial charge >= 0.3 is 5.97 Å². The highest BCUT2D eigenvalue weighted by molar-refractivity contribution is 7.92. The summed E-state index contributed by atoms with van der Waals surface area (Å²) in [5, 5.41) is 9.52. The van der Waals surface area contributed by atoms with Crippen LogP contribution >= 0.6 is 11.6 Å². The number of carboxylic acid groups (broad SMARTS) is 1. The van der Waals surface area contributed by atoms with Gasteiger partial charge in [-0.25, -0.2) is 26.4 Å². The van der Waals surface area contributed by atoms with Gasteiger partial charge in [0.25, 0.3) is 10.0 Å². The maximum atomic E-state index is 14.6. The minimum Gasteiger partial charge on any atom is -0.478 e. The van der Waals surface area contributed by atoms with Crippen LogP contribution < -0.4 is 4.72 Å². The van der Waals surface area contributed by atoms with Gasteiger partial charge in [0, 0.05) is 10.9 Å². The molecule has 4 aromatic carbocycles. The van der Waals surface area contributed by atoms with Crippen molar-refractivity contribution in [1.29, 1.82) is 0 Å². The Labute approximate surface area is 191 Å². The first kappa shape index (κ1) is 22.6. The number of fused-ring (bicyclic) bond motifs is 1. The van der Waals surface area contributed by atoms with Gasteiger partial charge < -0.3 is 5.11 Å². The lowest BCUT2D eigenvalue weighted by atomic mass is 9.95. The number of carbonyl (C=O) groups is 1. The first-order chi connectivity index (χ1) is 15.6. The molecule has 0 fully saturated rings. The number of hydrogen-bond acceptors (Lipinski definition) is 3. The summed E-state index contributed by atoms with van der Waals surface area (Å²) in [4.78, 5) is 10.7. The molecule has 4 rings (SSSR count). The van der Waals surface area contributed by atoms with Crippen molar-refractivity contribution in [2.75, 3.05) is 4.72 Å². The summed E-state index contributed by atoms with van der Waals surface area (Å²) in [6, 6.07) is 13.6. The Hall–Kier alpha value is -3.56. The molecule has 0 heterocycles. The van der Waals surface area contributed by atoms with Gasteiger partial charge in [-0.2, -0.15) is 0 Å². The molecular weight excluding hydrogens is 479 g/mol. The van der Waals surface area contributed by atoms with Crippen molar-refractivity contribution in [2.45, 2.75) is 4.90 Å². The predicted octanol–water partition coefficient (Wildman–Crippen LogP) is 6.08. The van der Waals surface area contributed by atoms with Crippen LogP contribution in [0.25, 0.3) is 21.9 Å². The Bertz CT molecular complexity index is 1540. The van der Waals surface area contributed by atoms with Crippen molar-refractivity contribution < 1.29 is 31.5 Å². The summed E-state index contributed by atoms with van der Waals surface area (Å²) in [6.45, 7) is 0.